The first kappa shape index (κ1) is 12.5. The molecule has 0 saturated carbocycles. The molecular formula is C15H19N2O2. The van der Waals surface area contributed by atoms with Crippen LogP contribution < -0.4 is 4.74 Å². The van der Waals surface area contributed by atoms with E-state index in [0.29, 0.717) is 0 Å². The molecule has 3 rings (SSSR count). The summed E-state index contributed by atoms with van der Waals surface area (Å²) in [5, 5.41) is 1.14. The van der Waals surface area contributed by atoms with Gasteiger partial charge in [-0.3, -0.25) is 4.90 Å². The lowest BCUT2D eigenvalue weighted by molar-refractivity contribution is 0.0365. The number of methoxy groups -OCH3 is 1. The maximum Gasteiger partial charge on any atom is 0.120 e. The van der Waals surface area contributed by atoms with Crippen molar-refractivity contribution < 1.29 is 9.47 Å². The first-order chi connectivity index (χ1) is 9.36. The molecule has 1 aliphatic heterocycles. The van der Waals surface area contributed by atoms with Gasteiger partial charge in [-0.2, -0.15) is 0 Å². The van der Waals surface area contributed by atoms with Gasteiger partial charge in [0.1, 0.15) is 5.75 Å². The summed E-state index contributed by atoms with van der Waals surface area (Å²) >= 11 is 0. The van der Waals surface area contributed by atoms with Crippen molar-refractivity contribution in [3.05, 3.63) is 30.5 Å². The van der Waals surface area contributed by atoms with Crippen molar-refractivity contribution in [3.63, 3.8) is 0 Å². The minimum atomic E-state index is 0.854. The van der Waals surface area contributed by atoms with Crippen molar-refractivity contribution >= 4 is 10.9 Å². The van der Waals surface area contributed by atoms with Gasteiger partial charge in [-0.1, -0.05) is 0 Å². The molecule has 2 aromatic rings. The number of hydrogen-bond donors (Lipinski definition) is 0. The topological polar surface area (TPSA) is 26.6 Å². The summed E-state index contributed by atoms with van der Waals surface area (Å²) < 4.78 is 12.9. The van der Waals surface area contributed by atoms with Gasteiger partial charge in [0.25, 0.3) is 0 Å². The normalized spacial score (nSPS) is 16.9. The van der Waals surface area contributed by atoms with E-state index in [-0.39, 0.29) is 0 Å². The molecule has 1 radical (unpaired) electrons. The zero-order chi connectivity index (χ0) is 13.1. The van der Waals surface area contributed by atoms with Crippen molar-refractivity contribution in [2.45, 2.75) is 6.54 Å². The van der Waals surface area contributed by atoms with Crippen LogP contribution in [0.5, 0.6) is 5.75 Å². The van der Waals surface area contributed by atoms with E-state index >= 15 is 0 Å². The predicted molar refractivity (Wildman–Crippen MR) is 74.6 cm³/mol. The van der Waals surface area contributed by atoms with Crippen molar-refractivity contribution in [1.82, 2.24) is 9.47 Å². The number of benzene rings is 1. The van der Waals surface area contributed by atoms with E-state index in [0.717, 1.165) is 50.5 Å². The molecule has 0 atom stereocenters. The molecule has 0 amide bonds. The fourth-order valence-electron chi connectivity index (χ4n) is 2.47. The van der Waals surface area contributed by atoms with E-state index in [1.807, 2.05) is 12.3 Å². The van der Waals surface area contributed by atoms with Crippen LogP contribution in [0, 0.1) is 6.07 Å². The van der Waals surface area contributed by atoms with Crippen LogP contribution in [0.1, 0.15) is 0 Å². The number of nitrogens with zero attached hydrogens (tertiary/aromatic N) is 2. The van der Waals surface area contributed by atoms with E-state index < -0.39 is 0 Å². The van der Waals surface area contributed by atoms with Crippen molar-refractivity contribution in [3.8, 4) is 5.75 Å². The minimum absolute atomic E-state index is 0.854. The smallest absolute Gasteiger partial charge is 0.120 e. The molecule has 2 heterocycles. The lowest BCUT2D eigenvalue weighted by Gasteiger charge is -2.26. The Bertz CT molecular complexity index is 544. The van der Waals surface area contributed by atoms with Crippen LogP contribution in [0.25, 0.3) is 10.9 Å². The molecule has 1 aromatic heterocycles. The van der Waals surface area contributed by atoms with Crippen molar-refractivity contribution in [1.29, 1.82) is 0 Å². The van der Waals surface area contributed by atoms with Crippen LogP contribution >= 0.6 is 0 Å². The molecule has 1 aromatic carbocycles. The summed E-state index contributed by atoms with van der Waals surface area (Å²) in [5.74, 6) is 0.896. The Morgan fingerprint density at radius 2 is 2.11 bits per heavy atom. The van der Waals surface area contributed by atoms with Gasteiger partial charge in [0, 0.05) is 49.9 Å². The van der Waals surface area contributed by atoms with Gasteiger partial charge in [-0.05, 0) is 12.1 Å². The molecule has 19 heavy (non-hydrogen) atoms. The summed E-state index contributed by atoms with van der Waals surface area (Å²) in [6.45, 7) is 5.81. The second kappa shape index (κ2) is 5.63. The monoisotopic (exact) mass is 259 g/mol. The first-order valence-electron chi connectivity index (χ1n) is 6.71. The Morgan fingerprint density at radius 1 is 1.26 bits per heavy atom. The Labute approximate surface area is 113 Å². The van der Waals surface area contributed by atoms with Gasteiger partial charge >= 0.3 is 0 Å². The second-order valence-electron chi connectivity index (χ2n) is 4.80. The lowest BCUT2D eigenvalue weighted by Crippen LogP contribution is -2.38. The predicted octanol–water partition coefficient (Wildman–Crippen LogP) is 1.78. The third-order valence-electron chi connectivity index (χ3n) is 3.65. The van der Waals surface area contributed by atoms with E-state index in [9.17, 15) is 0 Å². The maximum atomic E-state index is 5.37. The number of rotatable bonds is 4. The fraction of sp³-hybridized carbons (Fsp3) is 0.467. The van der Waals surface area contributed by atoms with Gasteiger partial charge < -0.3 is 14.0 Å². The van der Waals surface area contributed by atoms with Crippen LogP contribution in [0.4, 0.5) is 0 Å². The summed E-state index contributed by atoms with van der Waals surface area (Å²) in [7, 11) is 1.70. The summed E-state index contributed by atoms with van der Waals surface area (Å²) in [6.07, 6.45) is 2.03. The van der Waals surface area contributed by atoms with Crippen molar-refractivity contribution in [2.24, 2.45) is 0 Å². The SMILES string of the molecule is COc1ccc2[c]cn(CCN3CCOCC3)c2c1. The fourth-order valence-corrected chi connectivity index (χ4v) is 2.47. The van der Waals surface area contributed by atoms with E-state index in [2.05, 4.69) is 27.7 Å². The highest BCUT2D eigenvalue weighted by Gasteiger charge is 2.10. The number of fused-ring (bicyclic) bond motifs is 1. The van der Waals surface area contributed by atoms with Crippen LogP contribution in [-0.4, -0.2) is 49.4 Å². The molecule has 4 nitrogen and oxygen atoms in total. The molecule has 0 bridgehead atoms. The number of morpholine rings is 1. The van der Waals surface area contributed by atoms with E-state index in [1.54, 1.807) is 7.11 Å². The average molecular weight is 259 g/mol. The molecule has 0 aliphatic carbocycles. The zero-order valence-electron chi connectivity index (χ0n) is 11.3. The van der Waals surface area contributed by atoms with Gasteiger partial charge in [0.2, 0.25) is 0 Å². The highest BCUT2D eigenvalue weighted by atomic mass is 16.5. The third-order valence-corrected chi connectivity index (χ3v) is 3.65. The second-order valence-corrected chi connectivity index (χ2v) is 4.80. The first-order valence-corrected chi connectivity index (χ1v) is 6.71. The summed E-state index contributed by atoms with van der Waals surface area (Å²) in [4.78, 5) is 2.44. The molecule has 1 fully saturated rings. The molecule has 0 N–H and O–H groups in total. The Hall–Kier alpha value is -1.52. The summed E-state index contributed by atoms with van der Waals surface area (Å²) in [5.41, 5.74) is 1.19. The molecule has 0 unspecified atom stereocenters. The van der Waals surface area contributed by atoms with Gasteiger partial charge in [0.15, 0.2) is 0 Å². The van der Waals surface area contributed by atoms with Crippen LogP contribution in [0.2, 0.25) is 0 Å². The molecular weight excluding hydrogens is 240 g/mol. The molecule has 101 valence electrons. The molecule has 1 aliphatic rings. The number of hydrogen-bond acceptors (Lipinski definition) is 3. The quantitative estimate of drug-likeness (QED) is 0.837. The van der Waals surface area contributed by atoms with Crippen LogP contribution in [0.15, 0.2) is 24.4 Å². The lowest BCUT2D eigenvalue weighted by atomic mass is 10.2. The van der Waals surface area contributed by atoms with E-state index in [4.69, 9.17) is 9.47 Å². The number of ether oxygens (including phenoxy) is 2. The Morgan fingerprint density at radius 3 is 2.89 bits per heavy atom. The van der Waals surface area contributed by atoms with E-state index in [1.165, 1.54) is 5.52 Å². The molecule has 1 saturated heterocycles. The highest BCUT2D eigenvalue weighted by Crippen LogP contribution is 2.21. The van der Waals surface area contributed by atoms with Crippen LogP contribution in [-0.2, 0) is 11.3 Å². The zero-order valence-corrected chi connectivity index (χ0v) is 11.3. The standard InChI is InChI=1S/C15H19N2O2/c1-18-14-3-2-13-4-5-17(15(13)12-14)7-6-16-8-10-19-11-9-16/h2-3,5,12H,6-11H2,1H3. The largest absolute Gasteiger partial charge is 0.497 e. The van der Waals surface area contributed by atoms with Crippen LogP contribution in [0.3, 0.4) is 0 Å². The Balaban J connectivity index is 1.72. The minimum Gasteiger partial charge on any atom is -0.497 e. The molecule has 4 heteroatoms. The third kappa shape index (κ3) is 2.74. The van der Waals surface area contributed by atoms with Crippen molar-refractivity contribution in [2.75, 3.05) is 40.0 Å². The highest BCUT2D eigenvalue weighted by molar-refractivity contribution is 5.80. The molecule has 0 spiro atoms. The summed E-state index contributed by atoms with van der Waals surface area (Å²) in [6, 6.07) is 9.40. The van der Waals surface area contributed by atoms with Gasteiger partial charge in [-0.25, -0.2) is 0 Å². The van der Waals surface area contributed by atoms with Gasteiger partial charge in [-0.15, -0.1) is 0 Å². The number of aromatic nitrogens is 1. The average Bonchev–Trinajstić information content (AvgIpc) is 2.88. The Kier molecular flexibility index (Phi) is 3.71. The maximum absolute atomic E-state index is 5.37. The van der Waals surface area contributed by atoms with Gasteiger partial charge in [0.05, 0.1) is 25.8 Å².